The zero-order chi connectivity index (χ0) is 18.8. The molecule has 26 heavy (non-hydrogen) atoms. The number of hydrogen-bond donors (Lipinski definition) is 3. The first-order chi connectivity index (χ1) is 12.4. The maximum atomic E-state index is 12.9. The monoisotopic (exact) mass is 350 g/mol. The molecule has 7 heteroatoms. The van der Waals surface area contributed by atoms with E-state index in [1.807, 2.05) is 44.2 Å². The number of nitrogens with two attached hydrogens (primary N) is 1. The van der Waals surface area contributed by atoms with Crippen LogP contribution in [-0.2, 0) is 6.54 Å². The second-order valence-electron chi connectivity index (χ2n) is 6.45. The first kappa shape index (κ1) is 17.6. The van der Waals surface area contributed by atoms with Gasteiger partial charge in [0.1, 0.15) is 18.0 Å². The molecule has 4 N–H and O–H groups in total. The van der Waals surface area contributed by atoms with Crippen LogP contribution >= 0.6 is 0 Å². The van der Waals surface area contributed by atoms with Gasteiger partial charge in [-0.15, -0.1) is 0 Å². The van der Waals surface area contributed by atoms with Crippen LogP contribution in [-0.4, -0.2) is 20.2 Å². The molecule has 0 aliphatic carbocycles. The summed E-state index contributed by atoms with van der Waals surface area (Å²) < 4.78 is 1.77. The van der Waals surface area contributed by atoms with E-state index >= 15 is 0 Å². The maximum Gasteiger partial charge on any atom is 0.258 e. The van der Waals surface area contributed by atoms with Gasteiger partial charge < -0.3 is 21.0 Å². The normalized spacial score (nSPS) is 11.1. The first-order valence-electron chi connectivity index (χ1n) is 8.43. The summed E-state index contributed by atoms with van der Waals surface area (Å²) in [6.07, 6.45) is 1.36. The number of aromatic nitrogens is 3. The van der Waals surface area contributed by atoms with Crippen LogP contribution in [0.2, 0.25) is 0 Å². The summed E-state index contributed by atoms with van der Waals surface area (Å²) in [6.45, 7) is 5.99. The number of fused-ring (bicyclic) bond motifs is 1. The molecule has 0 aliphatic heterocycles. The highest BCUT2D eigenvalue weighted by Crippen LogP contribution is 2.20. The number of nitrogens with one attached hydrogen (secondary N) is 2. The summed E-state index contributed by atoms with van der Waals surface area (Å²) in [7, 11) is 0. The van der Waals surface area contributed by atoms with Gasteiger partial charge in [0, 0.05) is 22.8 Å². The molecule has 0 bridgehead atoms. The Morgan fingerprint density at radius 1 is 1.31 bits per heavy atom. The smallest absolute Gasteiger partial charge is 0.258 e. The highest BCUT2D eigenvalue weighted by Gasteiger charge is 2.14. The van der Waals surface area contributed by atoms with Gasteiger partial charge in [-0.2, -0.15) is 0 Å². The molecule has 0 radical (unpaired) electrons. The van der Waals surface area contributed by atoms with Gasteiger partial charge in [-0.05, 0) is 38.3 Å². The van der Waals surface area contributed by atoms with E-state index in [0.717, 1.165) is 11.1 Å². The third-order valence-electron chi connectivity index (χ3n) is 4.25. The minimum atomic E-state index is -0.0134. The molecule has 0 unspecified atom stereocenters. The van der Waals surface area contributed by atoms with Crippen LogP contribution in [0, 0.1) is 5.41 Å². The van der Waals surface area contributed by atoms with Crippen LogP contribution in [0.3, 0.4) is 0 Å². The van der Waals surface area contributed by atoms with Crippen molar-refractivity contribution in [1.29, 1.82) is 5.41 Å². The number of rotatable bonds is 5. The molecule has 0 saturated heterocycles. The lowest BCUT2D eigenvalue weighted by Crippen LogP contribution is -2.27. The van der Waals surface area contributed by atoms with Crippen molar-refractivity contribution < 1.29 is 0 Å². The standard InChI is InChI=1S/C19H22N6O/c1-11(2)25-14(8-13-6-4-5-7-15(13)19(25)26)9-22-18-16(12(3)20)17(21)23-10-24-18/h4-8,10-11,20H,9H2,1-3H3,(H3,21,22,23,24). The molecule has 0 amide bonds. The van der Waals surface area contributed by atoms with Crippen molar-refractivity contribution in [2.45, 2.75) is 33.4 Å². The van der Waals surface area contributed by atoms with Crippen LogP contribution in [0.1, 0.15) is 38.1 Å². The van der Waals surface area contributed by atoms with Crippen LogP contribution in [0.5, 0.6) is 0 Å². The van der Waals surface area contributed by atoms with Gasteiger partial charge in [0.25, 0.3) is 5.56 Å². The number of nitrogens with zero attached hydrogens (tertiary/aromatic N) is 3. The Morgan fingerprint density at radius 3 is 2.73 bits per heavy atom. The Bertz CT molecular complexity index is 1040. The highest BCUT2D eigenvalue weighted by molar-refractivity contribution is 6.04. The lowest BCUT2D eigenvalue weighted by Gasteiger charge is -2.19. The Hall–Kier alpha value is -3.22. The van der Waals surface area contributed by atoms with E-state index in [1.165, 1.54) is 6.33 Å². The van der Waals surface area contributed by atoms with Gasteiger partial charge in [0.05, 0.1) is 12.1 Å². The lowest BCUT2D eigenvalue weighted by molar-refractivity contribution is 0.558. The molecule has 0 aliphatic rings. The summed E-state index contributed by atoms with van der Waals surface area (Å²) in [5, 5.41) is 12.7. The number of pyridine rings is 1. The second-order valence-corrected chi connectivity index (χ2v) is 6.45. The topological polar surface area (TPSA) is 110 Å². The molecule has 3 aromatic rings. The molecule has 0 saturated carbocycles. The molecular weight excluding hydrogens is 328 g/mol. The lowest BCUT2D eigenvalue weighted by atomic mass is 10.1. The summed E-state index contributed by atoms with van der Waals surface area (Å²) >= 11 is 0. The molecule has 0 atom stereocenters. The maximum absolute atomic E-state index is 12.9. The van der Waals surface area contributed by atoms with Gasteiger partial charge in [0.2, 0.25) is 0 Å². The minimum absolute atomic E-state index is 0.0134. The highest BCUT2D eigenvalue weighted by atomic mass is 16.1. The van der Waals surface area contributed by atoms with Crippen molar-refractivity contribution in [2.75, 3.05) is 11.1 Å². The van der Waals surface area contributed by atoms with E-state index < -0.39 is 0 Å². The fraction of sp³-hybridized carbons (Fsp3) is 0.263. The van der Waals surface area contributed by atoms with E-state index in [9.17, 15) is 4.79 Å². The molecule has 7 nitrogen and oxygen atoms in total. The van der Waals surface area contributed by atoms with Gasteiger partial charge in [-0.25, -0.2) is 9.97 Å². The fourth-order valence-corrected chi connectivity index (χ4v) is 3.11. The minimum Gasteiger partial charge on any atom is -0.383 e. The van der Waals surface area contributed by atoms with Gasteiger partial charge >= 0.3 is 0 Å². The Morgan fingerprint density at radius 2 is 2.04 bits per heavy atom. The zero-order valence-electron chi connectivity index (χ0n) is 15.1. The largest absolute Gasteiger partial charge is 0.383 e. The van der Waals surface area contributed by atoms with Crippen molar-refractivity contribution in [3.63, 3.8) is 0 Å². The van der Waals surface area contributed by atoms with E-state index in [-0.39, 0.29) is 23.1 Å². The van der Waals surface area contributed by atoms with Crippen molar-refractivity contribution in [1.82, 2.24) is 14.5 Å². The quantitative estimate of drug-likeness (QED) is 0.613. The van der Waals surface area contributed by atoms with Gasteiger partial charge in [-0.3, -0.25) is 4.79 Å². The SMILES string of the molecule is CC(=N)c1c(N)ncnc1NCc1cc2ccccc2c(=O)n1C(C)C. The van der Waals surface area contributed by atoms with E-state index in [1.54, 1.807) is 11.5 Å². The summed E-state index contributed by atoms with van der Waals surface area (Å²) in [5.41, 5.74) is 7.47. The number of nitrogen functional groups attached to an aromatic ring is 1. The molecule has 0 fully saturated rings. The molecular formula is C19H22N6O. The third kappa shape index (κ3) is 3.15. The molecule has 2 aromatic heterocycles. The summed E-state index contributed by atoms with van der Waals surface area (Å²) in [6, 6.07) is 9.58. The van der Waals surface area contributed by atoms with E-state index in [2.05, 4.69) is 15.3 Å². The van der Waals surface area contributed by atoms with Crippen LogP contribution in [0.25, 0.3) is 10.8 Å². The predicted octanol–water partition coefficient (Wildman–Crippen LogP) is 2.95. The van der Waals surface area contributed by atoms with E-state index in [4.69, 9.17) is 11.1 Å². The molecule has 134 valence electrons. The van der Waals surface area contributed by atoms with Gasteiger partial charge in [-0.1, -0.05) is 18.2 Å². The summed E-state index contributed by atoms with van der Waals surface area (Å²) in [5.74, 6) is 0.746. The van der Waals surface area contributed by atoms with Crippen molar-refractivity contribution in [2.24, 2.45) is 0 Å². The third-order valence-corrected chi connectivity index (χ3v) is 4.25. The van der Waals surface area contributed by atoms with E-state index in [0.29, 0.717) is 23.3 Å². The second kappa shape index (κ2) is 6.95. The Kier molecular flexibility index (Phi) is 4.71. The Balaban J connectivity index is 2.05. The zero-order valence-corrected chi connectivity index (χ0v) is 15.1. The van der Waals surface area contributed by atoms with Crippen LogP contribution in [0.15, 0.2) is 41.5 Å². The van der Waals surface area contributed by atoms with Gasteiger partial charge in [0.15, 0.2) is 0 Å². The molecule has 3 rings (SSSR count). The predicted molar refractivity (Wildman–Crippen MR) is 105 cm³/mol. The van der Waals surface area contributed by atoms with Crippen LogP contribution < -0.4 is 16.6 Å². The average molecular weight is 350 g/mol. The number of anilines is 2. The van der Waals surface area contributed by atoms with Crippen molar-refractivity contribution in [3.05, 3.63) is 58.3 Å². The molecule has 0 spiro atoms. The first-order valence-corrected chi connectivity index (χ1v) is 8.43. The average Bonchev–Trinajstić information content (AvgIpc) is 2.59. The van der Waals surface area contributed by atoms with Crippen LogP contribution in [0.4, 0.5) is 11.6 Å². The number of benzene rings is 1. The van der Waals surface area contributed by atoms with Crippen molar-refractivity contribution in [3.8, 4) is 0 Å². The number of hydrogen-bond acceptors (Lipinski definition) is 6. The van der Waals surface area contributed by atoms with Crippen molar-refractivity contribution >= 4 is 28.1 Å². The summed E-state index contributed by atoms with van der Waals surface area (Å²) in [4.78, 5) is 21.0. The Labute approximate surface area is 151 Å². The fourth-order valence-electron chi connectivity index (χ4n) is 3.11. The molecule has 2 heterocycles. The molecule has 1 aromatic carbocycles.